The van der Waals surface area contributed by atoms with Crippen LogP contribution in [0, 0.1) is 0 Å². The lowest BCUT2D eigenvalue weighted by molar-refractivity contribution is 1.05. The normalized spacial score (nSPS) is 10.6. The summed E-state index contributed by atoms with van der Waals surface area (Å²) < 4.78 is 0. The van der Waals surface area contributed by atoms with Crippen LogP contribution < -0.4 is 10.6 Å². The van der Waals surface area contributed by atoms with Gasteiger partial charge < -0.3 is 10.6 Å². The zero-order valence-corrected chi connectivity index (χ0v) is 12.1. The summed E-state index contributed by atoms with van der Waals surface area (Å²) in [6.45, 7) is 2.09. The number of aromatic nitrogens is 3. The molecule has 1 aromatic carbocycles. The van der Waals surface area contributed by atoms with Crippen LogP contribution in [0.25, 0.3) is 10.9 Å². The highest BCUT2D eigenvalue weighted by Gasteiger charge is 2.09. The van der Waals surface area contributed by atoms with Crippen molar-refractivity contribution in [2.24, 2.45) is 0 Å². The van der Waals surface area contributed by atoms with E-state index in [4.69, 9.17) is 0 Å². The number of benzene rings is 1. The van der Waals surface area contributed by atoms with Crippen LogP contribution >= 0.6 is 0 Å². The first-order chi connectivity index (χ1) is 10.3. The number of pyridine rings is 1. The predicted molar refractivity (Wildman–Crippen MR) is 86.0 cm³/mol. The third kappa shape index (κ3) is 2.63. The molecule has 0 fully saturated rings. The van der Waals surface area contributed by atoms with E-state index in [2.05, 4.69) is 38.6 Å². The van der Waals surface area contributed by atoms with Crippen molar-refractivity contribution in [1.29, 1.82) is 0 Å². The minimum atomic E-state index is 0.833. The molecular formula is C16H17N5. The Balaban J connectivity index is 1.98. The average Bonchev–Trinajstić information content (AvgIpc) is 2.54. The quantitative estimate of drug-likeness (QED) is 0.766. The molecule has 0 bridgehead atoms. The van der Waals surface area contributed by atoms with E-state index in [0.717, 1.165) is 40.2 Å². The highest BCUT2D eigenvalue weighted by Crippen LogP contribution is 2.25. The smallest absolute Gasteiger partial charge is 0.139 e. The van der Waals surface area contributed by atoms with Crippen LogP contribution in [0.15, 0.2) is 42.9 Å². The molecule has 0 atom stereocenters. The van der Waals surface area contributed by atoms with E-state index in [9.17, 15) is 0 Å². The van der Waals surface area contributed by atoms with Crippen molar-refractivity contribution < 1.29 is 0 Å². The second-order valence-electron chi connectivity index (χ2n) is 4.69. The lowest BCUT2D eigenvalue weighted by atomic mass is 10.2. The molecule has 3 rings (SSSR count). The molecule has 0 unspecified atom stereocenters. The molecule has 0 saturated carbocycles. The van der Waals surface area contributed by atoms with Crippen molar-refractivity contribution >= 4 is 28.2 Å². The molecule has 5 heteroatoms. The van der Waals surface area contributed by atoms with E-state index >= 15 is 0 Å². The van der Waals surface area contributed by atoms with Crippen LogP contribution in [0.3, 0.4) is 0 Å². The van der Waals surface area contributed by atoms with Crippen molar-refractivity contribution in [2.75, 3.05) is 17.7 Å². The molecule has 5 nitrogen and oxygen atoms in total. The van der Waals surface area contributed by atoms with Crippen LogP contribution in [-0.2, 0) is 6.42 Å². The fourth-order valence-corrected chi connectivity index (χ4v) is 2.36. The Labute approximate surface area is 123 Å². The maximum absolute atomic E-state index is 4.36. The third-order valence-electron chi connectivity index (χ3n) is 3.40. The molecular weight excluding hydrogens is 262 g/mol. The van der Waals surface area contributed by atoms with Gasteiger partial charge in [0, 0.05) is 29.9 Å². The first kappa shape index (κ1) is 13.3. The summed E-state index contributed by atoms with van der Waals surface area (Å²) >= 11 is 0. The van der Waals surface area contributed by atoms with Crippen molar-refractivity contribution in [2.45, 2.75) is 13.3 Å². The van der Waals surface area contributed by atoms with Gasteiger partial charge in [-0.15, -0.1) is 0 Å². The Morgan fingerprint density at radius 2 is 1.90 bits per heavy atom. The fraction of sp³-hybridized carbons (Fsp3) is 0.188. The molecule has 0 aliphatic heterocycles. The lowest BCUT2D eigenvalue weighted by Crippen LogP contribution is -2.04. The molecule has 0 amide bonds. The van der Waals surface area contributed by atoms with Gasteiger partial charge in [0.1, 0.15) is 18.0 Å². The molecule has 3 aromatic rings. The molecule has 2 aromatic heterocycles. The van der Waals surface area contributed by atoms with Crippen LogP contribution in [-0.4, -0.2) is 22.0 Å². The second kappa shape index (κ2) is 5.75. The van der Waals surface area contributed by atoms with Crippen LogP contribution in [0.1, 0.15) is 12.5 Å². The minimum absolute atomic E-state index is 0.833. The molecule has 0 aliphatic carbocycles. The number of nitrogens with zero attached hydrogens (tertiary/aromatic N) is 3. The summed E-state index contributed by atoms with van der Waals surface area (Å²) in [4.78, 5) is 12.9. The molecule has 0 saturated heterocycles. The highest BCUT2D eigenvalue weighted by molar-refractivity contribution is 5.83. The summed E-state index contributed by atoms with van der Waals surface area (Å²) in [5.74, 6) is 1.69. The average molecular weight is 279 g/mol. The predicted octanol–water partition coefficient (Wildman–Crippen LogP) is 3.37. The summed E-state index contributed by atoms with van der Waals surface area (Å²) in [5, 5.41) is 7.57. The van der Waals surface area contributed by atoms with Gasteiger partial charge in [0.2, 0.25) is 0 Å². The van der Waals surface area contributed by atoms with E-state index in [1.165, 1.54) is 0 Å². The van der Waals surface area contributed by atoms with E-state index in [0.29, 0.717) is 0 Å². The Bertz CT molecular complexity index is 769. The number of rotatable bonds is 4. The molecule has 0 spiro atoms. The zero-order valence-electron chi connectivity index (χ0n) is 12.1. The van der Waals surface area contributed by atoms with Crippen LogP contribution in [0.2, 0.25) is 0 Å². The molecule has 106 valence electrons. The van der Waals surface area contributed by atoms with Crippen LogP contribution in [0.5, 0.6) is 0 Å². The Hall–Kier alpha value is -2.69. The fourth-order valence-electron chi connectivity index (χ4n) is 2.36. The summed E-state index contributed by atoms with van der Waals surface area (Å²) in [5.41, 5.74) is 3.05. The van der Waals surface area contributed by atoms with Crippen LogP contribution in [0.4, 0.5) is 17.3 Å². The van der Waals surface area contributed by atoms with Crippen molar-refractivity contribution in [3.05, 3.63) is 48.4 Å². The van der Waals surface area contributed by atoms with E-state index in [1.807, 2.05) is 31.3 Å². The monoisotopic (exact) mass is 279 g/mol. The van der Waals surface area contributed by atoms with Gasteiger partial charge in [-0.2, -0.15) is 0 Å². The van der Waals surface area contributed by atoms with Crippen molar-refractivity contribution in [1.82, 2.24) is 15.0 Å². The van der Waals surface area contributed by atoms with Gasteiger partial charge in [0.25, 0.3) is 0 Å². The standard InChI is InChI=1S/C16H17N5/c1-3-13-15(17-2)19-10-20-16(13)21-12-6-7-14-11(9-12)5-4-8-18-14/h4-10H,3H2,1-2H3,(H2,17,19,20,21). The zero-order chi connectivity index (χ0) is 14.7. The maximum Gasteiger partial charge on any atom is 0.139 e. The molecule has 2 heterocycles. The van der Waals surface area contributed by atoms with Gasteiger partial charge in [0.15, 0.2) is 0 Å². The topological polar surface area (TPSA) is 62.7 Å². The van der Waals surface area contributed by atoms with Gasteiger partial charge >= 0.3 is 0 Å². The van der Waals surface area contributed by atoms with Gasteiger partial charge in [0.05, 0.1) is 5.52 Å². The Kier molecular flexibility index (Phi) is 3.64. The summed E-state index contributed by atoms with van der Waals surface area (Å²) in [6.07, 6.45) is 4.22. The van der Waals surface area contributed by atoms with Crippen molar-refractivity contribution in [3.8, 4) is 0 Å². The molecule has 0 aliphatic rings. The Morgan fingerprint density at radius 3 is 2.71 bits per heavy atom. The first-order valence-corrected chi connectivity index (χ1v) is 6.95. The number of hydrogen-bond donors (Lipinski definition) is 2. The molecule has 2 N–H and O–H groups in total. The SMILES string of the molecule is CCc1c(NC)ncnc1Nc1ccc2ncccc2c1. The minimum Gasteiger partial charge on any atom is -0.373 e. The number of anilines is 3. The maximum atomic E-state index is 4.36. The second-order valence-corrected chi connectivity index (χ2v) is 4.69. The number of fused-ring (bicyclic) bond motifs is 1. The largest absolute Gasteiger partial charge is 0.373 e. The van der Waals surface area contributed by atoms with E-state index in [-0.39, 0.29) is 0 Å². The third-order valence-corrected chi connectivity index (χ3v) is 3.40. The summed E-state index contributed by atoms with van der Waals surface area (Å²) in [6, 6.07) is 10.1. The summed E-state index contributed by atoms with van der Waals surface area (Å²) in [7, 11) is 1.87. The van der Waals surface area contributed by atoms with Crippen molar-refractivity contribution in [3.63, 3.8) is 0 Å². The van der Waals surface area contributed by atoms with Gasteiger partial charge in [-0.3, -0.25) is 4.98 Å². The first-order valence-electron chi connectivity index (χ1n) is 6.95. The molecule has 21 heavy (non-hydrogen) atoms. The lowest BCUT2D eigenvalue weighted by Gasteiger charge is -2.13. The van der Waals surface area contributed by atoms with Gasteiger partial charge in [-0.1, -0.05) is 13.0 Å². The molecule has 0 radical (unpaired) electrons. The number of hydrogen-bond acceptors (Lipinski definition) is 5. The van der Waals surface area contributed by atoms with Gasteiger partial charge in [-0.05, 0) is 30.7 Å². The highest BCUT2D eigenvalue weighted by atomic mass is 15.1. The van der Waals surface area contributed by atoms with E-state index in [1.54, 1.807) is 12.5 Å². The Morgan fingerprint density at radius 1 is 1.05 bits per heavy atom. The van der Waals surface area contributed by atoms with E-state index < -0.39 is 0 Å². The van der Waals surface area contributed by atoms with Gasteiger partial charge in [-0.25, -0.2) is 9.97 Å². The number of nitrogens with one attached hydrogen (secondary N) is 2.